The molecule has 10 heteroatoms. The Morgan fingerprint density at radius 3 is 2.86 bits per heavy atom. The van der Waals surface area contributed by atoms with E-state index in [1.54, 1.807) is 4.90 Å². The topological polar surface area (TPSA) is 63.9 Å². The Kier molecular flexibility index (Phi) is 5.07. The third kappa shape index (κ3) is 4.58. The zero-order valence-corrected chi connectivity index (χ0v) is 12.3. The number of alkyl halides is 3. The van der Waals surface area contributed by atoms with E-state index in [4.69, 9.17) is 0 Å². The quantitative estimate of drug-likeness (QED) is 0.790. The molecule has 1 aliphatic heterocycles. The highest BCUT2D eigenvalue weighted by atomic mass is 32.2. The lowest BCUT2D eigenvalue weighted by Gasteiger charge is -2.33. The number of aromatic nitrogens is 4. The van der Waals surface area contributed by atoms with Crippen molar-refractivity contribution in [1.82, 2.24) is 25.1 Å². The zero-order valence-electron chi connectivity index (χ0n) is 11.5. The number of carbonyl (C=O) groups excluding carboxylic acids is 1. The van der Waals surface area contributed by atoms with Crippen molar-refractivity contribution in [3.8, 4) is 0 Å². The van der Waals surface area contributed by atoms with Gasteiger partial charge in [-0.3, -0.25) is 4.79 Å². The van der Waals surface area contributed by atoms with E-state index in [2.05, 4.69) is 15.5 Å². The fourth-order valence-corrected chi connectivity index (χ4v) is 3.01. The number of thioether (sulfide) groups is 1. The predicted octanol–water partition coefficient (Wildman–Crippen LogP) is 1.73. The molecule has 6 nitrogen and oxygen atoms in total. The van der Waals surface area contributed by atoms with E-state index in [1.165, 1.54) is 0 Å². The molecule has 21 heavy (non-hydrogen) atoms. The lowest BCUT2D eigenvalue weighted by molar-refractivity contribution is -0.144. The number of nitrogens with zero attached hydrogens (tertiary/aromatic N) is 5. The Morgan fingerprint density at radius 2 is 2.19 bits per heavy atom. The monoisotopic (exact) mass is 323 g/mol. The van der Waals surface area contributed by atoms with Crippen molar-refractivity contribution < 1.29 is 18.0 Å². The van der Waals surface area contributed by atoms with Gasteiger partial charge in [-0.05, 0) is 36.6 Å². The highest BCUT2D eigenvalue weighted by Gasteiger charge is 2.30. The van der Waals surface area contributed by atoms with Gasteiger partial charge in [-0.15, -0.1) is 5.10 Å². The average Bonchev–Trinajstić information content (AvgIpc) is 2.81. The summed E-state index contributed by atoms with van der Waals surface area (Å²) >= 11 is 0.934. The van der Waals surface area contributed by atoms with Gasteiger partial charge in [-0.2, -0.15) is 13.2 Å². The average molecular weight is 323 g/mol. The normalized spacial score (nSPS) is 19.8. The molecule has 0 N–H and O–H groups in total. The Hall–Kier alpha value is -1.32. The molecule has 118 valence electrons. The van der Waals surface area contributed by atoms with Gasteiger partial charge in [0, 0.05) is 12.6 Å². The van der Waals surface area contributed by atoms with Crippen molar-refractivity contribution in [2.75, 3.05) is 12.3 Å². The van der Waals surface area contributed by atoms with Crippen LogP contribution in [0.15, 0.2) is 5.16 Å². The van der Waals surface area contributed by atoms with Crippen molar-refractivity contribution in [2.24, 2.45) is 0 Å². The minimum Gasteiger partial charge on any atom is -0.339 e. The maximum absolute atomic E-state index is 12.3. The summed E-state index contributed by atoms with van der Waals surface area (Å²) in [6.07, 6.45) is -1.37. The summed E-state index contributed by atoms with van der Waals surface area (Å²) in [5.41, 5.74) is 0. The fraction of sp³-hybridized carbons (Fsp3) is 0.818. The van der Waals surface area contributed by atoms with Crippen LogP contribution in [-0.4, -0.2) is 55.5 Å². The second-order valence-corrected chi connectivity index (χ2v) is 5.90. The number of piperidine rings is 1. The minimum absolute atomic E-state index is 0.00494. The van der Waals surface area contributed by atoms with Crippen LogP contribution in [0.2, 0.25) is 0 Å². The van der Waals surface area contributed by atoms with Gasteiger partial charge in [0.15, 0.2) is 0 Å². The minimum atomic E-state index is -4.39. The summed E-state index contributed by atoms with van der Waals surface area (Å²) < 4.78 is 37.7. The second-order valence-electron chi connectivity index (χ2n) is 4.95. The van der Waals surface area contributed by atoms with E-state index in [1.807, 2.05) is 6.92 Å². The lowest BCUT2D eigenvalue weighted by atomic mass is 10.0. The smallest absolute Gasteiger partial charge is 0.339 e. The Morgan fingerprint density at radius 1 is 1.43 bits per heavy atom. The molecule has 1 aromatic heterocycles. The molecule has 1 aromatic rings. The summed E-state index contributed by atoms with van der Waals surface area (Å²) in [5.74, 6) is -0.0449. The molecule has 0 bridgehead atoms. The number of likely N-dealkylation sites (tertiary alicyclic amines) is 1. The first-order valence-corrected chi connectivity index (χ1v) is 7.60. The van der Waals surface area contributed by atoms with Crippen LogP contribution < -0.4 is 0 Å². The third-order valence-electron chi connectivity index (χ3n) is 3.28. The van der Waals surface area contributed by atoms with Crippen LogP contribution in [0.4, 0.5) is 13.2 Å². The van der Waals surface area contributed by atoms with Crippen molar-refractivity contribution in [1.29, 1.82) is 0 Å². The number of halogens is 3. The first kappa shape index (κ1) is 16.1. The number of hydrogen-bond acceptors (Lipinski definition) is 5. The van der Waals surface area contributed by atoms with Gasteiger partial charge in [0.1, 0.15) is 6.54 Å². The SMILES string of the molecule is C[C@@H]1CCCCN1C(=O)CSc1nnnn1CC(F)(F)F. The molecule has 1 atom stereocenters. The fourth-order valence-electron chi connectivity index (χ4n) is 2.25. The van der Waals surface area contributed by atoms with E-state index in [0.29, 0.717) is 11.2 Å². The molecule has 1 fully saturated rings. The lowest BCUT2D eigenvalue weighted by Crippen LogP contribution is -2.43. The van der Waals surface area contributed by atoms with Crippen LogP contribution in [0.1, 0.15) is 26.2 Å². The zero-order chi connectivity index (χ0) is 15.5. The number of carbonyl (C=O) groups is 1. The number of hydrogen-bond donors (Lipinski definition) is 0. The Labute approximate surface area is 124 Å². The van der Waals surface area contributed by atoms with E-state index in [9.17, 15) is 18.0 Å². The third-order valence-corrected chi connectivity index (χ3v) is 4.22. The Balaban J connectivity index is 1.91. The molecular weight excluding hydrogens is 307 g/mol. The summed E-state index contributed by atoms with van der Waals surface area (Å²) in [6, 6.07) is 0.179. The van der Waals surface area contributed by atoms with Crippen molar-refractivity contribution >= 4 is 17.7 Å². The molecule has 0 radical (unpaired) electrons. The van der Waals surface area contributed by atoms with E-state index in [0.717, 1.165) is 31.0 Å². The highest BCUT2D eigenvalue weighted by molar-refractivity contribution is 7.99. The molecule has 2 rings (SSSR count). The largest absolute Gasteiger partial charge is 0.408 e. The van der Waals surface area contributed by atoms with Gasteiger partial charge < -0.3 is 4.90 Å². The molecule has 2 heterocycles. The summed E-state index contributed by atoms with van der Waals surface area (Å²) in [6.45, 7) is 1.43. The van der Waals surface area contributed by atoms with Gasteiger partial charge in [0.05, 0.1) is 5.75 Å². The molecule has 0 aliphatic carbocycles. The summed E-state index contributed by atoms with van der Waals surface area (Å²) in [7, 11) is 0. The van der Waals surface area contributed by atoms with Crippen LogP contribution in [0.3, 0.4) is 0 Å². The number of amides is 1. The summed E-state index contributed by atoms with van der Waals surface area (Å²) in [4.78, 5) is 13.9. The van der Waals surface area contributed by atoms with Gasteiger partial charge in [0.2, 0.25) is 11.1 Å². The van der Waals surface area contributed by atoms with Gasteiger partial charge >= 0.3 is 6.18 Å². The van der Waals surface area contributed by atoms with Crippen molar-refractivity contribution in [3.63, 3.8) is 0 Å². The molecule has 1 aliphatic rings. The summed E-state index contributed by atoms with van der Waals surface area (Å²) in [5, 5.41) is 10.1. The molecule has 0 unspecified atom stereocenters. The number of tetrazole rings is 1. The molecule has 0 saturated carbocycles. The first-order valence-electron chi connectivity index (χ1n) is 6.62. The predicted molar refractivity (Wildman–Crippen MR) is 69.6 cm³/mol. The van der Waals surface area contributed by atoms with E-state index < -0.39 is 12.7 Å². The van der Waals surface area contributed by atoms with Gasteiger partial charge in [0.25, 0.3) is 0 Å². The van der Waals surface area contributed by atoms with Crippen LogP contribution >= 0.6 is 11.8 Å². The number of rotatable bonds is 4. The first-order chi connectivity index (χ1) is 9.87. The molecule has 1 amide bonds. The maximum Gasteiger partial charge on any atom is 0.408 e. The van der Waals surface area contributed by atoms with Crippen molar-refractivity contribution in [3.05, 3.63) is 0 Å². The molecule has 0 spiro atoms. The molecule has 1 saturated heterocycles. The van der Waals surface area contributed by atoms with Crippen LogP contribution in [0.25, 0.3) is 0 Å². The van der Waals surface area contributed by atoms with Crippen LogP contribution in [0.5, 0.6) is 0 Å². The van der Waals surface area contributed by atoms with E-state index >= 15 is 0 Å². The van der Waals surface area contributed by atoms with Gasteiger partial charge in [-0.1, -0.05) is 11.8 Å². The Bertz CT molecular complexity index is 492. The standard InChI is InChI=1S/C11H16F3N5OS/c1-8-4-2-3-5-18(8)9(20)6-21-10-15-16-17-19(10)7-11(12,13)14/h8H,2-7H2,1H3/t8-/m1/s1. The molecular formula is C11H16F3N5OS. The molecule has 0 aromatic carbocycles. The maximum atomic E-state index is 12.3. The van der Waals surface area contributed by atoms with Gasteiger partial charge in [-0.25, -0.2) is 4.68 Å². The van der Waals surface area contributed by atoms with Crippen LogP contribution in [-0.2, 0) is 11.3 Å². The van der Waals surface area contributed by atoms with Crippen LogP contribution in [0, 0.1) is 0 Å². The second kappa shape index (κ2) is 6.63. The highest BCUT2D eigenvalue weighted by Crippen LogP contribution is 2.23. The van der Waals surface area contributed by atoms with Crippen molar-refractivity contribution in [2.45, 2.75) is 50.1 Å². The van der Waals surface area contributed by atoms with E-state index in [-0.39, 0.29) is 22.9 Å².